The lowest BCUT2D eigenvalue weighted by Gasteiger charge is -2.24. The lowest BCUT2D eigenvalue weighted by Crippen LogP contribution is -2.30. The van der Waals surface area contributed by atoms with Crippen LogP contribution in [0.15, 0.2) is 18.2 Å². The molecule has 2 nitrogen and oxygen atoms in total. The molecule has 19 heavy (non-hydrogen) atoms. The zero-order valence-electron chi connectivity index (χ0n) is 10.7. The summed E-state index contributed by atoms with van der Waals surface area (Å²) < 4.78 is 1.25. The zero-order chi connectivity index (χ0) is 12.8. The van der Waals surface area contributed by atoms with Gasteiger partial charge < -0.3 is 5.32 Å². The Kier molecular flexibility index (Phi) is 3.02. The molecule has 100 valence electrons. The SMILES string of the molecule is Clc1ccc2sc(C3CC4CCCCC4N3)nc2c1. The van der Waals surface area contributed by atoms with Gasteiger partial charge in [-0.2, -0.15) is 0 Å². The molecule has 3 atom stereocenters. The number of benzene rings is 1. The molecule has 1 saturated heterocycles. The summed E-state index contributed by atoms with van der Waals surface area (Å²) in [5.41, 5.74) is 1.05. The molecular formula is C15H17ClN2S. The summed E-state index contributed by atoms with van der Waals surface area (Å²) >= 11 is 7.85. The molecule has 1 saturated carbocycles. The normalized spacial score (nSPS) is 30.7. The van der Waals surface area contributed by atoms with E-state index in [0.717, 1.165) is 22.5 Å². The van der Waals surface area contributed by atoms with Crippen molar-refractivity contribution >= 4 is 33.2 Å². The molecule has 2 heterocycles. The van der Waals surface area contributed by atoms with Gasteiger partial charge in [0.2, 0.25) is 0 Å². The van der Waals surface area contributed by atoms with Crippen LogP contribution in [0, 0.1) is 5.92 Å². The van der Waals surface area contributed by atoms with Gasteiger partial charge in [-0.15, -0.1) is 11.3 Å². The number of nitrogens with zero attached hydrogens (tertiary/aromatic N) is 1. The van der Waals surface area contributed by atoms with Crippen molar-refractivity contribution in [2.75, 3.05) is 0 Å². The summed E-state index contributed by atoms with van der Waals surface area (Å²) in [5.74, 6) is 0.870. The maximum absolute atomic E-state index is 6.04. The average Bonchev–Trinajstić information content (AvgIpc) is 3.00. The van der Waals surface area contributed by atoms with E-state index < -0.39 is 0 Å². The molecule has 0 bridgehead atoms. The molecule has 2 aromatic rings. The van der Waals surface area contributed by atoms with Crippen LogP contribution in [0.2, 0.25) is 5.02 Å². The maximum atomic E-state index is 6.04. The van der Waals surface area contributed by atoms with Crippen LogP contribution in [0.4, 0.5) is 0 Å². The zero-order valence-corrected chi connectivity index (χ0v) is 12.3. The van der Waals surface area contributed by atoms with E-state index in [9.17, 15) is 0 Å². The predicted octanol–water partition coefficient (Wildman–Crippen LogP) is 4.54. The standard InChI is InChI=1S/C15H17ClN2S/c16-10-5-6-14-12(8-10)18-15(19-14)13-7-9-3-1-2-4-11(9)17-13/h5-6,8-9,11,13,17H,1-4,7H2. The predicted molar refractivity (Wildman–Crippen MR) is 80.9 cm³/mol. The number of halogens is 1. The second-order valence-electron chi connectivity index (χ2n) is 5.77. The number of aromatic nitrogens is 1. The fourth-order valence-electron chi connectivity index (χ4n) is 3.58. The van der Waals surface area contributed by atoms with Crippen LogP contribution >= 0.6 is 22.9 Å². The van der Waals surface area contributed by atoms with E-state index in [1.807, 2.05) is 23.5 Å². The molecule has 1 aromatic heterocycles. The van der Waals surface area contributed by atoms with Gasteiger partial charge in [0.25, 0.3) is 0 Å². The van der Waals surface area contributed by atoms with Crippen LogP contribution in [-0.4, -0.2) is 11.0 Å². The summed E-state index contributed by atoms with van der Waals surface area (Å²) in [6.07, 6.45) is 6.79. The van der Waals surface area contributed by atoms with E-state index in [2.05, 4.69) is 11.4 Å². The molecule has 2 fully saturated rings. The Morgan fingerprint density at radius 2 is 2.16 bits per heavy atom. The van der Waals surface area contributed by atoms with E-state index in [0.29, 0.717) is 6.04 Å². The Morgan fingerprint density at radius 3 is 3.05 bits per heavy atom. The monoisotopic (exact) mass is 292 g/mol. The van der Waals surface area contributed by atoms with E-state index >= 15 is 0 Å². The van der Waals surface area contributed by atoms with E-state index in [-0.39, 0.29) is 0 Å². The molecular weight excluding hydrogens is 276 g/mol. The third-order valence-corrected chi connectivity index (χ3v) is 5.91. The second-order valence-corrected chi connectivity index (χ2v) is 7.27. The van der Waals surface area contributed by atoms with Crippen molar-refractivity contribution < 1.29 is 0 Å². The molecule has 1 aliphatic heterocycles. The molecule has 1 aliphatic carbocycles. The Balaban J connectivity index is 1.64. The van der Waals surface area contributed by atoms with Gasteiger partial charge in [-0.25, -0.2) is 4.98 Å². The van der Waals surface area contributed by atoms with E-state index in [4.69, 9.17) is 16.6 Å². The highest BCUT2D eigenvalue weighted by atomic mass is 35.5. The lowest BCUT2D eigenvalue weighted by atomic mass is 9.85. The molecule has 4 rings (SSSR count). The second kappa shape index (κ2) is 4.72. The van der Waals surface area contributed by atoms with Gasteiger partial charge in [0.05, 0.1) is 16.3 Å². The van der Waals surface area contributed by atoms with Gasteiger partial charge in [-0.1, -0.05) is 24.4 Å². The number of thiazole rings is 1. The number of rotatable bonds is 1. The summed E-state index contributed by atoms with van der Waals surface area (Å²) in [4.78, 5) is 4.79. The first-order valence-electron chi connectivity index (χ1n) is 7.11. The number of hydrogen-bond acceptors (Lipinski definition) is 3. The van der Waals surface area contributed by atoms with Gasteiger partial charge in [0.1, 0.15) is 5.01 Å². The van der Waals surface area contributed by atoms with Crippen LogP contribution in [0.25, 0.3) is 10.2 Å². The number of fused-ring (bicyclic) bond motifs is 2. The summed E-state index contributed by atoms with van der Waals surface area (Å²) in [6.45, 7) is 0. The summed E-state index contributed by atoms with van der Waals surface area (Å²) in [7, 11) is 0. The Hall–Kier alpha value is -0.640. The van der Waals surface area contributed by atoms with Gasteiger partial charge in [-0.3, -0.25) is 0 Å². The van der Waals surface area contributed by atoms with Gasteiger partial charge in [0.15, 0.2) is 0 Å². The quantitative estimate of drug-likeness (QED) is 0.834. The fraction of sp³-hybridized carbons (Fsp3) is 0.533. The molecule has 0 amide bonds. The van der Waals surface area contributed by atoms with Crippen molar-refractivity contribution in [2.24, 2.45) is 5.92 Å². The molecule has 2 aliphatic rings. The van der Waals surface area contributed by atoms with Crippen molar-refractivity contribution in [3.8, 4) is 0 Å². The first-order chi connectivity index (χ1) is 9.29. The smallest absolute Gasteiger partial charge is 0.111 e. The van der Waals surface area contributed by atoms with Crippen LogP contribution in [0.5, 0.6) is 0 Å². The van der Waals surface area contributed by atoms with Crippen LogP contribution in [-0.2, 0) is 0 Å². The van der Waals surface area contributed by atoms with Gasteiger partial charge in [0, 0.05) is 11.1 Å². The maximum Gasteiger partial charge on any atom is 0.111 e. The molecule has 0 radical (unpaired) electrons. The highest BCUT2D eigenvalue weighted by Gasteiger charge is 2.36. The Bertz CT molecular complexity index is 595. The average molecular weight is 293 g/mol. The summed E-state index contributed by atoms with van der Waals surface area (Å²) in [6, 6.07) is 7.20. The highest BCUT2D eigenvalue weighted by molar-refractivity contribution is 7.18. The Labute approximate surface area is 122 Å². The Morgan fingerprint density at radius 1 is 1.26 bits per heavy atom. The molecule has 4 heteroatoms. The van der Waals surface area contributed by atoms with Crippen LogP contribution in [0.1, 0.15) is 43.2 Å². The first kappa shape index (κ1) is 12.1. The van der Waals surface area contributed by atoms with E-state index in [1.165, 1.54) is 41.8 Å². The largest absolute Gasteiger partial charge is 0.305 e. The van der Waals surface area contributed by atoms with Crippen LogP contribution in [0.3, 0.4) is 0 Å². The molecule has 0 spiro atoms. The van der Waals surface area contributed by atoms with E-state index in [1.54, 1.807) is 0 Å². The van der Waals surface area contributed by atoms with Crippen molar-refractivity contribution in [2.45, 2.75) is 44.2 Å². The van der Waals surface area contributed by atoms with Gasteiger partial charge in [-0.05, 0) is 43.4 Å². The number of hydrogen-bond donors (Lipinski definition) is 1. The topological polar surface area (TPSA) is 24.9 Å². The molecule has 3 unspecified atom stereocenters. The summed E-state index contributed by atoms with van der Waals surface area (Å²) in [5, 5.41) is 5.82. The fourth-order valence-corrected chi connectivity index (χ4v) is 4.77. The number of nitrogens with one attached hydrogen (secondary N) is 1. The molecule has 1 aromatic carbocycles. The third-order valence-electron chi connectivity index (χ3n) is 4.53. The van der Waals surface area contributed by atoms with Crippen molar-refractivity contribution in [1.82, 2.24) is 10.3 Å². The van der Waals surface area contributed by atoms with Crippen molar-refractivity contribution in [3.05, 3.63) is 28.2 Å². The molecule has 1 N–H and O–H groups in total. The first-order valence-corrected chi connectivity index (χ1v) is 8.31. The minimum Gasteiger partial charge on any atom is -0.305 e. The van der Waals surface area contributed by atoms with Crippen LogP contribution < -0.4 is 5.32 Å². The lowest BCUT2D eigenvalue weighted by molar-refractivity contribution is 0.325. The third kappa shape index (κ3) is 2.18. The van der Waals surface area contributed by atoms with Crippen molar-refractivity contribution in [1.29, 1.82) is 0 Å². The minimum absolute atomic E-state index is 0.462. The van der Waals surface area contributed by atoms with Crippen molar-refractivity contribution in [3.63, 3.8) is 0 Å². The van der Waals surface area contributed by atoms with Gasteiger partial charge >= 0.3 is 0 Å². The highest BCUT2D eigenvalue weighted by Crippen LogP contribution is 2.41. The minimum atomic E-state index is 0.462.